The average Bonchev–Trinajstić information content (AvgIpc) is 3.09. The highest BCUT2D eigenvalue weighted by Gasteiger charge is 2.23. The van der Waals surface area contributed by atoms with Gasteiger partial charge in [0.15, 0.2) is 5.65 Å². The number of hydrogen-bond acceptors (Lipinski definition) is 5. The standard InChI is InChI=1S/C26H30N6O/c1-3-4-5-6-9-16-28-26(33)22-23-25(31-21-11-8-7-10-20(21)30-23)32(24(22)27)29-17-19-14-12-18(2)13-15-19/h7-8,10-15,17H,3-6,9,16,27H2,1-2H3,(H,28,33). The van der Waals surface area contributed by atoms with Gasteiger partial charge in [-0.2, -0.15) is 9.78 Å². The number of hydrogen-bond donors (Lipinski definition) is 2. The Kier molecular flexibility index (Phi) is 6.98. The summed E-state index contributed by atoms with van der Waals surface area (Å²) in [7, 11) is 0. The maximum absolute atomic E-state index is 13.1. The van der Waals surface area contributed by atoms with Gasteiger partial charge in [-0.15, -0.1) is 0 Å². The van der Waals surface area contributed by atoms with Crippen LogP contribution >= 0.6 is 0 Å². The Balaban J connectivity index is 1.69. The number of fused-ring (bicyclic) bond motifs is 2. The molecular weight excluding hydrogens is 412 g/mol. The zero-order chi connectivity index (χ0) is 23.2. The number of nitrogens with two attached hydrogens (primary N) is 1. The van der Waals surface area contributed by atoms with E-state index in [1.165, 1.54) is 29.5 Å². The molecule has 3 N–H and O–H groups in total. The minimum atomic E-state index is -0.248. The lowest BCUT2D eigenvalue weighted by atomic mass is 10.1. The van der Waals surface area contributed by atoms with Crippen molar-refractivity contribution in [2.45, 2.75) is 46.0 Å². The quantitative estimate of drug-likeness (QED) is 0.280. The second kappa shape index (κ2) is 10.3. The summed E-state index contributed by atoms with van der Waals surface area (Å²) in [6.07, 6.45) is 7.33. The Bertz CT molecular complexity index is 1290. The van der Waals surface area contributed by atoms with Crippen LogP contribution in [0.25, 0.3) is 22.2 Å². The smallest absolute Gasteiger partial charge is 0.257 e. The van der Waals surface area contributed by atoms with Gasteiger partial charge in [0.2, 0.25) is 0 Å². The van der Waals surface area contributed by atoms with E-state index in [9.17, 15) is 4.79 Å². The third-order valence-electron chi connectivity index (χ3n) is 5.67. The van der Waals surface area contributed by atoms with Crippen LogP contribution in [0.5, 0.6) is 0 Å². The van der Waals surface area contributed by atoms with Crippen molar-refractivity contribution in [1.82, 2.24) is 20.0 Å². The van der Waals surface area contributed by atoms with E-state index in [4.69, 9.17) is 15.7 Å². The lowest BCUT2D eigenvalue weighted by Gasteiger charge is -2.05. The van der Waals surface area contributed by atoms with E-state index in [0.29, 0.717) is 28.8 Å². The van der Waals surface area contributed by atoms with Crippen LogP contribution in [-0.2, 0) is 0 Å². The molecule has 7 nitrogen and oxygen atoms in total. The van der Waals surface area contributed by atoms with Gasteiger partial charge < -0.3 is 11.1 Å². The van der Waals surface area contributed by atoms with Crippen LogP contribution in [0.2, 0.25) is 0 Å². The molecule has 170 valence electrons. The summed E-state index contributed by atoms with van der Waals surface area (Å²) < 4.78 is 1.50. The van der Waals surface area contributed by atoms with Gasteiger partial charge >= 0.3 is 0 Å². The van der Waals surface area contributed by atoms with Crippen molar-refractivity contribution >= 4 is 40.1 Å². The number of carbonyl (C=O) groups is 1. The average molecular weight is 443 g/mol. The van der Waals surface area contributed by atoms with Crippen molar-refractivity contribution in [3.8, 4) is 0 Å². The first-order chi connectivity index (χ1) is 16.1. The van der Waals surface area contributed by atoms with E-state index >= 15 is 0 Å². The number of nitrogens with one attached hydrogen (secondary N) is 1. The van der Waals surface area contributed by atoms with E-state index in [1.807, 2.05) is 55.5 Å². The van der Waals surface area contributed by atoms with Crippen molar-refractivity contribution in [2.75, 3.05) is 12.3 Å². The molecule has 2 heterocycles. The number of para-hydroxylation sites is 2. The van der Waals surface area contributed by atoms with Crippen LogP contribution in [0.3, 0.4) is 0 Å². The largest absolute Gasteiger partial charge is 0.383 e. The Morgan fingerprint density at radius 1 is 1.03 bits per heavy atom. The fourth-order valence-electron chi connectivity index (χ4n) is 3.78. The Labute approximate surface area is 193 Å². The number of anilines is 1. The van der Waals surface area contributed by atoms with Crippen molar-refractivity contribution in [1.29, 1.82) is 0 Å². The van der Waals surface area contributed by atoms with Crippen molar-refractivity contribution < 1.29 is 4.79 Å². The summed E-state index contributed by atoms with van der Waals surface area (Å²) in [4.78, 5) is 22.5. The molecule has 0 saturated heterocycles. The lowest BCUT2D eigenvalue weighted by molar-refractivity contribution is 0.0955. The highest BCUT2D eigenvalue weighted by Crippen LogP contribution is 2.27. The van der Waals surface area contributed by atoms with Gasteiger partial charge in [-0.05, 0) is 31.0 Å². The van der Waals surface area contributed by atoms with Crippen molar-refractivity contribution in [3.05, 3.63) is 65.2 Å². The predicted molar refractivity (Wildman–Crippen MR) is 135 cm³/mol. The predicted octanol–water partition coefficient (Wildman–Crippen LogP) is 5.06. The SMILES string of the molecule is CCCCCCCNC(=O)c1c(N)n(N=Cc2ccc(C)cc2)c2nc3ccccc3nc12. The van der Waals surface area contributed by atoms with Gasteiger partial charge in [0.25, 0.3) is 5.91 Å². The lowest BCUT2D eigenvalue weighted by Crippen LogP contribution is -2.25. The minimum absolute atomic E-state index is 0.229. The number of benzene rings is 2. The second-order valence-corrected chi connectivity index (χ2v) is 8.28. The van der Waals surface area contributed by atoms with E-state index in [2.05, 4.69) is 17.3 Å². The number of amides is 1. The number of carbonyl (C=O) groups excluding carboxylic acids is 1. The fraction of sp³-hybridized carbons (Fsp3) is 0.308. The molecule has 0 aliphatic heterocycles. The van der Waals surface area contributed by atoms with Crippen LogP contribution in [0.4, 0.5) is 5.82 Å². The molecule has 0 bridgehead atoms. The maximum Gasteiger partial charge on any atom is 0.257 e. The van der Waals surface area contributed by atoms with Gasteiger partial charge in [0, 0.05) is 6.54 Å². The first kappa shape index (κ1) is 22.5. The molecule has 1 amide bonds. The first-order valence-electron chi connectivity index (χ1n) is 11.5. The molecule has 0 aliphatic carbocycles. The molecule has 0 aliphatic rings. The van der Waals surface area contributed by atoms with Crippen LogP contribution in [-0.4, -0.2) is 33.3 Å². The Morgan fingerprint density at radius 2 is 1.73 bits per heavy atom. The number of aromatic nitrogens is 3. The van der Waals surface area contributed by atoms with E-state index < -0.39 is 0 Å². The number of nitrogen functional groups attached to an aromatic ring is 1. The summed E-state index contributed by atoms with van der Waals surface area (Å²) in [6.45, 7) is 4.82. The van der Waals surface area contributed by atoms with Crippen LogP contribution < -0.4 is 11.1 Å². The molecule has 4 aromatic rings. The normalized spacial score (nSPS) is 11.6. The zero-order valence-electron chi connectivity index (χ0n) is 19.2. The maximum atomic E-state index is 13.1. The summed E-state index contributed by atoms with van der Waals surface area (Å²) in [5, 5.41) is 7.56. The van der Waals surface area contributed by atoms with Crippen molar-refractivity contribution in [3.63, 3.8) is 0 Å². The zero-order valence-corrected chi connectivity index (χ0v) is 19.2. The molecule has 0 unspecified atom stereocenters. The van der Waals surface area contributed by atoms with Crippen molar-refractivity contribution in [2.24, 2.45) is 5.10 Å². The summed E-state index contributed by atoms with van der Waals surface area (Å²) in [5.41, 5.74) is 11.2. The molecule has 0 fully saturated rings. The molecule has 33 heavy (non-hydrogen) atoms. The number of rotatable bonds is 9. The first-order valence-corrected chi connectivity index (χ1v) is 11.5. The molecule has 2 aromatic carbocycles. The summed E-state index contributed by atoms with van der Waals surface area (Å²) in [5.74, 6) is -0.0194. The second-order valence-electron chi connectivity index (χ2n) is 8.28. The molecule has 7 heteroatoms. The van der Waals surface area contributed by atoms with E-state index in [-0.39, 0.29) is 11.7 Å². The third-order valence-corrected chi connectivity index (χ3v) is 5.67. The molecule has 0 radical (unpaired) electrons. The third kappa shape index (κ3) is 5.03. The van der Waals surface area contributed by atoms with Gasteiger partial charge in [0.1, 0.15) is 16.9 Å². The molecule has 4 rings (SSSR count). The molecular formula is C26H30N6O. The summed E-state index contributed by atoms with van der Waals surface area (Å²) in [6, 6.07) is 15.6. The molecule has 2 aromatic heterocycles. The number of aryl methyl sites for hydroxylation is 1. The topological polar surface area (TPSA) is 98.2 Å². The minimum Gasteiger partial charge on any atom is -0.383 e. The van der Waals surface area contributed by atoms with E-state index in [1.54, 1.807) is 6.21 Å². The monoisotopic (exact) mass is 442 g/mol. The van der Waals surface area contributed by atoms with Crippen LogP contribution in [0, 0.1) is 6.92 Å². The highest BCUT2D eigenvalue weighted by atomic mass is 16.1. The van der Waals surface area contributed by atoms with Gasteiger partial charge in [-0.1, -0.05) is 74.6 Å². The summed E-state index contributed by atoms with van der Waals surface area (Å²) >= 11 is 0. The van der Waals surface area contributed by atoms with Gasteiger partial charge in [0.05, 0.1) is 17.2 Å². The van der Waals surface area contributed by atoms with Gasteiger partial charge in [-0.3, -0.25) is 4.79 Å². The molecule has 0 spiro atoms. The van der Waals surface area contributed by atoms with E-state index in [0.717, 1.165) is 23.9 Å². The fourth-order valence-corrected chi connectivity index (χ4v) is 3.78. The Morgan fingerprint density at radius 3 is 2.45 bits per heavy atom. The Hall–Kier alpha value is -3.74. The highest BCUT2D eigenvalue weighted by molar-refractivity contribution is 6.10. The molecule has 0 atom stereocenters. The number of unbranched alkanes of at least 4 members (excludes halogenated alkanes) is 4. The van der Waals surface area contributed by atoms with Crippen LogP contribution in [0.1, 0.15) is 60.5 Å². The molecule has 0 saturated carbocycles. The van der Waals surface area contributed by atoms with Gasteiger partial charge in [-0.25, -0.2) is 9.97 Å². The van der Waals surface area contributed by atoms with Crippen LogP contribution in [0.15, 0.2) is 53.6 Å². The number of nitrogens with zero attached hydrogens (tertiary/aromatic N) is 4.